The average molecular weight is 401 g/mol. The third-order valence-corrected chi connectivity index (χ3v) is 5.41. The van der Waals surface area contributed by atoms with Crippen molar-refractivity contribution in [3.63, 3.8) is 0 Å². The lowest BCUT2D eigenvalue weighted by molar-refractivity contribution is -0.118. The second-order valence-corrected chi connectivity index (χ2v) is 7.61. The summed E-state index contributed by atoms with van der Waals surface area (Å²) in [6, 6.07) is 17.8. The average Bonchev–Trinajstić information content (AvgIpc) is 2.77. The van der Waals surface area contributed by atoms with Gasteiger partial charge >= 0.3 is 0 Å². The number of carbonyl (C=O) groups excluding carboxylic acids is 2. The lowest BCUT2D eigenvalue weighted by Crippen LogP contribution is -2.25. The third kappa shape index (κ3) is 5.01. The molecule has 30 heavy (non-hydrogen) atoms. The number of anilines is 1. The standard InChI is InChI=1S/C26H28N2O2/c1-5-26(30)28(4)23-13-14-24(18(2)16-23)21-9-11-22(12-10-21)25(29)15-8-20-7-6-19(3)27-17-20/h6-7,9-14,16-17H,5,8,15H2,1-4H3. The van der Waals surface area contributed by atoms with Gasteiger partial charge in [0.2, 0.25) is 5.91 Å². The molecule has 0 saturated heterocycles. The van der Waals surface area contributed by atoms with Crippen LogP contribution in [0.1, 0.15) is 46.9 Å². The Kier molecular flexibility index (Phi) is 6.78. The summed E-state index contributed by atoms with van der Waals surface area (Å²) in [5.41, 5.74) is 6.92. The first kappa shape index (κ1) is 21.4. The summed E-state index contributed by atoms with van der Waals surface area (Å²) in [4.78, 5) is 30.4. The Balaban J connectivity index is 1.69. The Hall–Kier alpha value is -3.27. The fourth-order valence-corrected chi connectivity index (χ4v) is 3.45. The number of benzene rings is 2. The maximum absolute atomic E-state index is 12.6. The van der Waals surface area contributed by atoms with Gasteiger partial charge in [0.1, 0.15) is 0 Å². The zero-order chi connectivity index (χ0) is 21.7. The van der Waals surface area contributed by atoms with Crippen molar-refractivity contribution in [1.29, 1.82) is 0 Å². The van der Waals surface area contributed by atoms with Crippen molar-refractivity contribution in [2.24, 2.45) is 0 Å². The van der Waals surface area contributed by atoms with Crippen molar-refractivity contribution >= 4 is 17.4 Å². The van der Waals surface area contributed by atoms with Crippen LogP contribution < -0.4 is 4.90 Å². The SMILES string of the molecule is CCC(=O)N(C)c1ccc(-c2ccc(C(=O)CCc3ccc(C)nc3)cc2)c(C)c1. The molecule has 3 rings (SSSR count). The van der Waals surface area contributed by atoms with E-state index in [-0.39, 0.29) is 11.7 Å². The van der Waals surface area contributed by atoms with Crippen LogP contribution in [-0.4, -0.2) is 23.7 Å². The number of aryl methyl sites for hydroxylation is 3. The molecule has 0 unspecified atom stereocenters. The largest absolute Gasteiger partial charge is 0.316 e. The van der Waals surface area contributed by atoms with E-state index in [1.807, 2.05) is 81.6 Å². The van der Waals surface area contributed by atoms with E-state index in [9.17, 15) is 9.59 Å². The summed E-state index contributed by atoms with van der Waals surface area (Å²) in [7, 11) is 1.80. The summed E-state index contributed by atoms with van der Waals surface area (Å²) in [5.74, 6) is 0.223. The Morgan fingerprint density at radius 3 is 2.30 bits per heavy atom. The first-order chi connectivity index (χ1) is 14.4. The molecule has 0 saturated carbocycles. The lowest BCUT2D eigenvalue weighted by atomic mass is 9.97. The van der Waals surface area contributed by atoms with E-state index in [1.165, 1.54) is 0 Å². The molecule has 3 aromatic rings. The molecular weight excluding hydrogens is 372 g/mol. The molecule has 2 aromatic carbocycles. The highest BCUT2D eigenvalue weighted by Gasteiger charge is 2.12. The maximum atomic E-state index is 12.6. The predicted octanol–water partition coefficient (Wildman–Crippen LogP) is 5.55. The highest BCUT2D eigenvalue weighted by atomic mass is 16.2. The Morgan fingerprint density at radius 2 is 1.70 bits per heavy atom. The minimum absolute atomic E-state index is 0.0893. The zero-order valence-electron chi connectivity index (χ0n) is 18.1. The van der Waals surface area contributed by atoms with Crippen molar-refractivity contribution in [3.8, 4) is 11.1 Å². The highest BCUT2D eigenvalue weighted by molar-refractivity contribution is 5.97. The molecular formula is C26H28N2O2. The molecule has 1 heterocycles. The van der Waals surface area contributed by atoms with Gasteiger partial charge in [-0.25, -0.2) is 0 Å². The first-order valence-corrected chi connectivity index (χ1v) is 10.3. The molecule has 0 aliphatic carbocycles. The van der Waals surface area contributed by atoms with E-state index in [4.69, 9.17) is 0 Å². The zero-order valence-corrected chi connectivity index (χ0v) is 18.1. The molecule has 0 atom stereocenters. The van der Waals surface area contributed by atoms with Crippen LogP contribution in [0, 0.1) is 13.8 Å². The second kappa shape index (κ2) is 9.49. The highest BCUT2D eigenvalue weighted by Crippen LogP contribution is 2.28. The van der Waals surface area contributed by atoms with E-state index >= 15 is 0 Å². The number of nitrogens with zero attached hydrogens (tertiary/aromatic N) is 2. The molecule has 0 N–H and O–H groups in total. The van der Waals surface area contributed by atoms with Gasteiger partial charge in [-0.05, 0) is 60.7 Å². The molecule has 4 heteroatoms. The van der Waals surface area contributed by atoms with Gasteiger partial charge in [-0.2, -0.15) is 0 Å². The number of rotatable bonds is 7. The Morgan fingerprint density at radius 1 is 0.967 bits per heavy atom. The molecule has 154 valence electrons. The fourth-order valence-electron chi connectivity index (χ4n) is 3.45. The molecule has 1 aromatic heterocycles. The van der Waals surface area contributed by atoms with E-state index in [2.05, 4.69) is 4.98 Å². The van der Waals surface area contributed by atoms with Crippen LogP contribution in [0.25, 0.3) is 11.1 Å². The van der Waals surface area contributed by atoms with Crippen molar-refractivity contribution in [1.82, 2.24) is 4.98 Å². The smallest absolute Gasteiger partial charge is 0.226 e. The summed E-state index contributed by atoms with van der Waals surface area (Å²) < 4.78 is 0. The number of hydrogen-bond acceptors (Lipinski definition) is 3. The van der Waals surface area contributed by atoms with Crippen molar-refractivity contribution in [3.05, 3.63) is 83.2 Å². The Labute approximate surface area is 178 Å². The van der Waals surface area contributed by atoms with Crippen LogP contribution in [0.15, 0.2) is 60.8 Å². The van der Waals surface area contributed by atoms with Crippen molar-refractivity contribution in [2.75, 3.05) is 11.9 Å². The van der Waals surface area contributed by atoms with Crippen LogP contribution in [0.2, 0.25) is 0 Å². The van der Waals surface area contributed by atoms with Gasteiger partial charge in [0.05, 0.1) is 0 Å². The van der Waals surface area contributed by atoms with Crippen LogP contribution in [0.4, 0.5) is 5.69 Å². The van der Waals surface area contributed by atoms with Crippen LogP contribution in [0.5, 0.6) is 0 Å². The van der Waals surface area contributed by atoms with Gasteiger partial charge in [0.15, 0.2) is 5.78 Å². The molecule has 0 aliphatic heterocycles. The van der Waals surface area contributed by atoms with E-state index in [1.54, 1.807) is 11.9 Å². The normalized spacial score (nSPS) is 10.7. The fraction of sp³-hybridized carbons (Fsp3) is 0.269. The number of carbonyl (C=O) groups is 2. The molecule has 1 amide bonds. The number of Topliss-reactive ketones (excluding diaryl/α,β-unsaturated/α-hetero) is 1. The van der Waals surface area contributed by atoms with Gasteiger partial charge in [-0.3, -0.25) is 14.6 Å². The van der Waals surface area contributed by atoms with Gasteiger partial charge in [0, 0.05) is 43.0 Å². The van der Waals surface area contributed by atoms with Crippen LogP contribution in [-0.2, 0) is 11.2 Å². The van der Waals surface area contributed by atoms with Gasteiger partial charge in [-0.15, -0.1) is 0 Å². The summed E-state index contributed by atoms with van der Waals surface area (Å²) in [5, 5.41) is 0. The van der Waals surface area contributed by atoms with E-state index in [0.717, 1.165) is 39.2 Å². The van der Waals surface area contributed by atoms with Gasteiger partial charge in [-0.1, -0.05) is 43.3 Å². The molecule has 0 aliphatic rings. The monoisotopic (exact) mass is 400 g/mol. The lowest BCUT2D eigenvalue weighted by Gasteiger charge is -2.18. The molecule has 0 bridgehead atoms. The first-order valence-electron chi connectivity index (χ1n) is 10.3. The van der Waals surface area contributed by atoms with Gasteiger partial charge in [0.25, 0.3) is 0 Å². The Bertz CT molecular complexity index is 1040. The summed E-state index contributed by atoms with van der Waals surface area (Å²) >= 11 is 0. The predicted molar refractivity (Wildman–Crippen MR) is 122 cm³/mol. The number of aromatic nitrogens is 1. The molecule has 0 fully saturated rings. The molecule has 0 radical (unpaired) electrons. The van der Waals surface area contributed by atoms with Crippen LogP contribution >= 0.6 is 0 Å². The van der Waals surface area contributed by atoms with E-state index in [0.29, 0.717) is 19.3 Å². The number of amides is 1. The van der Waals surface area contributed by atoms with E-state index < -0.39 is 0 Å². The summed E-state index contributed by atoms with van der Waals surface area (Å²) in [6.07, 6.45) is 3.48. The third-order valence-electron chi connectivity index (χ3n) is 5.41. The molecule has 0 spiro atoms. The topological polar surface area (TPSA) is 50.3 Å². The second-order valence-electron chi connectivity index (χ2n) is 7.61. The number of ketones is 1. The minimum atomic E-state index is 0.0893. The number of hydrogen-bond donors (Lipinski definition) is 0. The van der Waals surface area contributed by atoms with Crippen LogP contribution in [0.3, 0.4) is 0 Å². The maximum Gasteiger partial charge on any atom is 0.226 e. The van der Waals surface area contributed by atoms with Crippen molar-refractivity contribution in [2.45, 2.75) is 40.0 Å². The van der Waals surface area contributed by atoms with Gasteiger partial charge < -0.3 is 4.90 Å². The number of pyridine rings is 1. The minimum Gasteiger partial charge on any atom is -0.316 e. The van der Waals surface area contributed by atoms with Crippen molar-refractivity contribution < 1.29 is 9.59 Å². The quantitative estimate of drug-likeness (QED) is 0.488. The molecule has 4 nitrogen and oxygen atoms in total. The summed E-state index contributed by atoms with van der Waals surface area (Å²) in [6.45, 7) is 5.85.